The summed E-state index contributed by atoms with van der Waals surface area (Å²) in [4.78, 5) is 29.0. The monoisotopic (exact) mass is 629 g/mol. The summed E-state index contributed by atoms with van der Waals surface area (Å²) in [6.45, 7) is 2.87. The van der Waals surface area contributed by atoms with E-state index in [4.69, 9.17) is 0 Å². The normalized spacial score (nSPS) is 14.9. The number of halogens is 3. The number of aryl methyl sites for hydroxylation is 1. The van der Waals surface area contributed by atoms with Crippen molar-refractivity contribution in [2.45, 2.75) is 82.1 Å². The van der Waals surface area contributed by atoms with Crippen molar-refractivity contribution in [3.8, 4) is 0 Å². The standard InChI is InChI=1S/C33H38F3N3O4S/c1-3-30(32(41)37-27-15-6-4-7-16-27)38(22-25-13-10-12-24(2)20-25)31(40)23-39(44(42,43)29-18-8-5-9-19-29)28-17-11-14-26(21-28)33(34,35)36/h5,8-14,17-21,27,30H,3-4,6-7,15-16,22-23H2,1-2H3,(H,37,41)/t30-/m0/s1. The Bertz CT molecular complexity index is 1540. The average molecular weight is 630 g/mol. The SMILES string of the molecule is CC[C@@H](C(=O)NC1CCCCC1)N(Cc1cccc(C)c1)C(=O)CN(c1cccc(C(F)(F)F)c1)S(=O)(=O)c1ccccc1. The van der Waals surface area contributed by atoms with Gasteiger partial charge in [0.2, 0.25) is 11.8 Å². The van der Waals surface area contributed by atoms with Crippen LogP contribution < -0.4 is 9.62 Å². The van der Waals surface area contributed by atoms with Gasteiger partial charge in [-0.1, -0.05) is 80.3 Å². The topological polar surface area (TPSA) is 86.8 Å². The first kappa shape index (κ1) is 33.0. The van der Waals surface area contributed by atoms with Crippen molar-refractivity contribution in [1.82, 2.24) is 10.2 Å². The molecule has 1 aliphatic carbocycles. The van der Waals surface area contributed by atoms with E-state index >= 15 is 0 Å². The van der Waals surface area contributed by atoms with Crippen molar-refractivity contribution in [2.75, 3.05) is 10.8 Å². The van der Waals surface area contributed by atoms with Crippen LogP contribution in [0.4, 0.5) is 18.9 Å². The minimum absolute atomic E-state index is 0.0127. The van der Waals surface area contributed by atoms with Gasteiger partial charge in [0.15, 0.2) is 0 Å². The fourth-order valence-electron chi connectivity index (χ4n) is 5.56. The second kappa shape index (κ2) is 14.3. The molecule has 1 saturated carbocycles. The fourth-order valence-corrected chi connectivity index (χ4v) is 6.98. The highest BCUT2D eigenvalue weighted by atomic mass is 32.2. The van der Waals surface area contributed by atoms with Gasteiger partial charge in [-0.25, -0.2) is 8.42 Å². The van der Waals surface area contributed by atoms with Crippen molar-refractivity contribution < 1.29 is 31.2 Å². The lowest BCUT2D eigenvalue weighted by Gasteiger charge is -2.34. The number of sulfonamides is 1. The Morgan fingerprint density at radius 2 is 1.61 bits per heavy atom. The van der Waals surface area contributed by atoms with E-state index in [2.05, 4.69) is 5.32 Å². The van der Waals surface area contributed by atoms with Crippen LogP contribution in [0.5, 0.6) is 0 Å². The molecule has 0 heterocycles. The van der Waals surface area contributed by atoms with Crippen LogP contribution in [0.2, 0.25) is 0 Å². The van der Waals surface area contributed by atoms with E-state index < -0.39 is 40.3 Å². The number of hydrogen-bond donors (Lipinski definition) is 1. The Morgan fingerprint density at radius 3 is 2.25 bits per heavy atom. The van der Waals surface area contributed by atoms with Gasteiger partial charge in [-0.15, -0.1) is 0 Å². The number of alkyl halides is 3. The first-order valence-electron chi connectivity index (χ1n) is 14.8. The number of benzene rings is 3. The Morgan fingerprint density at radius 1 is 0.932 bits per heavy atom. The number of nitrogens with one attached hydrogen (secondary N) is 1. The number of carbonyl (C=O) groups excluding carboxylic acids is 2. The second-order valence-electron chi connectivity index (χ2n) is 11.2. The van der Waals surface area contributed by atoms with Crippen LogP contribution in [0.3, 0.4) is 0 Å². The van der Waals surface area contributed by atoms with Crippen LogP contribution in [-0.4, -0.2) is 43.8 Å². The van der Waals surface area contributed by atoms with Crippen LogP contribution in [0.15, 0.2) is 83.8 Å². The summed E-state index contributed by atoms with van der Waals surface area (Å²) >= 11 is 0. The van der Waals surface area contributed by atoms with Gasteiger partial charge in [-0.3, -0.25) is 13.9 Å². The van der Waals surface area contributed by atoms with E-state index in [0.29, 0.717) is 10.4 Å². The van der Waals surface area contributed by atoms with Crippen molar-refractivity contribution >= 4 is 27.5 Å². The highest BCUT2D eigenvalue weighted by Gasteiger charge is 2.36. The molecule has 0 radical (unpaired) electrons. The first-order chi connectivity index (χ1) is 20.9. The second-order valence-corrected chi connectivity index (χ2v) is 13.0. The number of hydrogen-bond acceptors (Lipinski definition) is 4. The van der Waals surface area contributed by atoms with E-state index in [1.54, 1.807) is 13.0 Å². The predicted molar refractivity (Wildman–Crippen MR) is 163 cm³/mol. The maximum Gasteiger partial charge on any atom is 0.416 e. The minimum Gasteiger partial charge on any atom is -0.352 e. The molecule has 0 aliphatic heterocycles. The molecule has 0 aromatic heterocycles. The molecule has 1 atom stereocenters. The molecule has 1 N–H and O–H groups in total. The van der Waals surface area contributed by atoms with Gasteiger partial charge in [0.25, 0.3) is 10.0 Å². The lowest BCUT2D eigenvalue weighted by Crippen LogP contribution is -2.54. The summed E-state index contributed by atoms with van der Waals surface area (Å²) in [6.07, 6.45) is 0.297. The van der Waals surface area contributed by atoms with Crippen LogP contribution in [0.1, 0.15) is 62.1 Å². The highest BCUT2D eigenvalue weighted by molar-refractivity contribution is 7.92. The molecule has 3 aromatic rings. The first-order valence-corrected chi connectivity index (χ1v) is 16.2. The van der Waals surface area contributed by atoms with E-state index in [9.17, 15) is 31.2 Å². The van der Waals surface area contributed by atoms with Crippen molar-refractivity contribution in [1.29, 1.82) is 0 Å². The van der Waals surface area contributed by atoms with Crippen molar-refractivity contribution in [3.63, 3.8) is 0 Å². The molecule has 11 heteroatoms. The van der Waals surface area contributed by atoms with E-state index in [1.807, 2.05) is 31.2 Å². The molecular weight excluding hydrogens is 591 g/mol. The number of nitrogens with zero attached hydrogens (tertiary/aromatic N) is 2. The molecule has 2 amide bonds. The summed E-state index contributed by atoms with van der Waals surface area (Å²) < 4.78 is 69.4. The number of anilines is 1. The molecule has 44 heavy (non-hydrogen) atoms. The fraction of sp³-hybridized carbons (Fsp3) is 0.394. The van der Waals surface area contributed by atoms with Crippen LogP contribution in [0, 0.1) is 6.92 Å². The Kier molecular flexibility index (Phi) is 10.7. The van der Waals surface area contributed by atoms with E-state index in [0.717, 1.165) is 55.4 Å². The third-order valence-electron chi connectivity index (χ3n) is 7.84. The Labute approximate surface area is 257 Å². The quantitative estimate of drug-likeness (QED) is 0.264. The Balaban J connectivity index is 1.74. The lowest BCUT2D eigenvalue weighted by molar-refractivity contribution is -0.140. The molecule has 0 unspecified atom stereocenters. The summed E-state index contributed by atoms with van der Waals surface area (Å²) in [7, 11) is -4.48. The van der Waals surface area contributed by atoms with Crippen LogP contribution in [-0.2, 0) is 32.3 Å². The molecule has 4 rings (SSSR count). The maximum absolute atomic E-state index is 14.2. The molecular formula is C33H38F3N3O4S. The predicted octanol–water partition coefficient (Wildman–Crippen LogP) is 6.47. The maximum atomic E-state index is 14.2. The number of amides is 2. The Hall–Kier alpha value is -3.86. The van der Waals surface area contributed by atoms with Gasteiger partial charge in [-0.2, -0.15) is 13.2 Å². The van der Waals surface area contributed by atoms with Crippen LogP contribution >= 0.6 is 0 Å². The average Bonchev–Trinajstić information content (AvgIpc) is 3.00. The zero-order valence-corrected chi connectivity index (χ0v) is 25.7. The molecule has 0 spiro atoms. The van der Waals surface area contributed by atoms with Gasteiger partial charge in [0.1, 0.15) is 12.6 Å². The smallest absolute Gasteiger partial charge is 0.352 e. The molecule has 1 fully saturated rings. The molecule has 1 aliphatic rings. The van der Waals surface area contributed by atoms with E-state index in [-0.39, 0.29) is 35.5 Å². The van der Waals surface area contributed by atoms with Gasteiger partial charge in [0.05, 0.1) is 16.1 Å². The molecule has 0 bridgehead atoms. The van der Waals surface area contributed by atoms with E-state index in [1.165, 1.54) is 35.2 Å². The summed E-state index contributed by atoms with van der Waals surface area (Å²) in [5, 5.41) is 3.08. The van der Waals surface area contributed by atoms with Gasteiger partial charge in [-0.05, 0) is 62.1 Å². The summed E-state index contributed by atoms with van der Waals surface area (Å²) in [5.41, 5.74) is 0.309. The third kappa shape index (κ3) is 8.19. The molecule has 3 aromatic carbocycles. The van der Waals surface area contributed by atoms with Crippen molar-refractivity contribution in [2.24, 2.45) is 0 Å². The third-order valence-corrected chi connectivity index (χ3v) is 9.63. The minimum atomic E-state index is -4.73. The van der Waals surface area contributed by atoms with Crippen LogP contribution in [0.25, 0.3) is 0 Å². The van der Waals surface area contributed by atoms with Crippen molar-refractivity contribution in [3.05, 3.63) is 95.6 Å². The number of rotatable bonds is 11. The molecule has 7 nitrogen and oxygen atoms in total. The molecule has 236 valence electrons. The lowest BCUT2D eigenvalue weighted by atomic mass is 9.95. The molecule has 0 saturated heterocycles. The van der Waals surface area contributed by atoms with Gasteiger partial charge in [0, 0.05) is 12.6 Å². The zero-order chi connectivity index (χ0) is 31.9. The zero-order valence-electron chi connectivity index (χ0n) is 24.9. The largest absolute Gasteiger partial charge is 0.416 e. The van der Waals surface area contributed by atoms with Gasteiger partial charge < -0.3 is 10.2 Å². The summed E-state index contributed by atoms with van der Waals surface area (Å²) in [6, 6.07) is 17.6. The highest BCUT2D eigenvalue weighted by Crippen LogP contribution is 2.33. The summed E-state index contributed by atoms with van der Waals surface area (Å²) in [5.74, 6) is -1.05. The number of carbonyl (C=O) groups is 2. The van der Waals surface area contributed by atoms with Gasteiger partial charge >= 0.3 is 6.18 Å².